The third-order valence-electron chi connectivity index (χ3n) is 2.52. The number of fused-ring (bicyclic) bond motifs is 1. The average Bonchev–Trinajstić information content (AvgIpc) is 2.45. The van der Waals surface area contributed by atoms with Crippen molar-refractivity contribution in [2.45, 2.75) is 25.8 Å². The molecular weight excluding hydrogens is 194 g/mol. The lowest BCUT2D eigenvalue weighted by Crippen LogP contribution is -2.19. The van der Waals surface area contributed by atoms with Crippen molar-refractivity contribution in [3.05, 3.63) is 33.8 Å². The molecule has 1 aliphatic rings. The smallest absolute Gasteiger partial charge is 0.0421 e. The van der Waals surface area contributed by atoms with Gasteiger partial charge in [0.2, 0.25) is 0 Å². The van der Waals surface area contributed by atoms with Crippen LogP contribution in [0.5, 0.6) is 0 Å². The molecule has 1 atom stereocenters. The average molecular weight is 206 g/mol. The first kappa shape index (κ1) is 9.58. The standard InChI is InChI=1S/C12H12ClN/c1-2-3-8-4-10(13)5-9-6-11(14)7-12(8)9/h4-5,11H,6-7,14H2,1H3. The molecule has 2 heteroatoms. The minimum Gasteiger partial charge on any atom is -0.327 e. The molecule has 72 valence electrons. The summed E-state index contributed by atoms with van der Waals surface area (Å²) in [6.45, 7) is 1.84. The van der Waals surface area contributed by atoms with E-state index in [0.717, 1.165) is 23.4 Å². The predicted octanol–water partition coefficient (Wildman–Crippen LogP) is 2.14. The molecule has 0 aliphatic heterocycles. The molecule has 0 aromatic heterocycles. The lowest BCUT2D eigenvalue weighted by molar-refractivity contribution is 0.721. The first-order valence-electron chi connectivity index (χ1n) is 4.70. The summed E-state index contributed by atoms with van der Waals surface area (Å²) in [6, 6.07) is 4.17. The van der Waals surface area contributed by atoms with Crippen molar-refractivity contribution < 1.29 is 0 Å². The van der Waals surface area contributed by atoms with Crippen molar-refractivity contribution in [3.8, 4) is 11.8 Å². The molecule has 2 N–H and O–H groups in total. The zero-order chi connectivity index (χ0) is 10.1. The minimum absolute atomic E-state index is 0.237. The van der Waals surface area contributed by atoms with Gasteiger partial charge in [-0.2, -0.15) is 0 Å². The van der Waals surface area contributed by atoms with Gasteiger partial charge in [-0.15, -0.1) is 5.92 Å². The number of nitrogens with two attached hydrogens (primary N) is 1. The lowest BCUT2D eigenvalue weighted by atomic mass is 10.0. The molecule has 0 saturated carbocycles. The quantitative estimate of drug-likeness (QED) is 0.646. The highest BCUT2D eigenvalue weighted by Crippen LogP contribution is 2.28. The van der Waals surface area contributed by atoms with E-state index >= 15 is 0 Å². The van der Waals surface area contributed by atoms with Crippen LogP contribution in [0.2, 0.25) is 5.02 Å². The van der Waals surface area contributed by atoms with E-state index in [1.807, 2.05) is 19.1 Å². The highest BCUT2D eigenvalue weighted by Gasteiger charge is 2.20. The Bertz CT molecular complexity index is 426. The summed E-state index contributed by atoms with van der Waals surface area (Å²) in [7, 11) is 0. The Morgan fingerprint density at radius 2 is 2.21 bits per heavy atom. The summed E-state index contributed by atoms with van der Waals surface area (Å²) in [5.74, 6) is 5.99. The first-order valence-corrected chi connectivity index (χ1v) is 5.08. The van der Waals surface area contributed by atoms with Gasteiger partial charge in [0.25, 0.3) is 0 Å². The van der Waals surface area contributed by atoms with E-state index < -0.39 is 0 Å². The molecule has 14 heavy (non-hydrogen) atoms. The van der Waals surface area contributed by atoms with Crippen LogP contribution in [0.4, 0.5) is 0 Å². The maximum atomic E-state index is 6.00. The van der Waals surface area contributed by atoms with Crippen LogP contribution in [0.25, 0.3) is 0 Å². The normalized spacial score (nSPS) is 18.6. The van der Waals surface area contributed by atoms with Gasteiger partial charge >= 0.3 is 0 Å². The Labute approximate surface area is 89.3 Å². The number of hydrogen-bond acceptors (Lipinski definition) is 1. The summed E-state index contributed by atoms with van der Waals surface area (Å²) in [5, 5.41) is 0.760. The van der Waals surface area contributed by atoms with Gasteiger partial charge in [0, 0.05) is 16.6 Å². The van der Waals surface area contributed by atoms with Gasteiger partial charge in [-0.25, -0.2) is 0 Å². The van der Waals surface area contributed by atoms with Crippen molar-refractivity contribution in [2.24, 2.45) is 5.73 Å². The summed E-state index contributed by atoms with van der Waals surface area (Å²) < 4.78 is 0. The monoisotopic (exact) mass is 205 g/mol. The van der Waals surface area contributed by atoms with Gasteiger partial charge in [-0.1, -0.05) is 17.5 Å². The van der Waals surface area contributed by atoms with E-state index in [-0.39, 0.29) is 6.04 Å². The molecule has 1 aromatic carbocycles. The minimum atomic E-state index is 0.237. The number of hydrogen-bond donors (Lipinski definition) is 1. The summed E-state index contributed by atoms with van der Waals surface area (Å²) >= 11 is 6.00. The molecule has 1 aliphatic carbocycles. The van der Waals surface area contributed by atoms with Gasteiger partial charge in [0.15, 0.2) is 0 Å². The summed E-state index contributed by atoms with van der Waals surface area (Å²) in [5.41, 5.74) is 9.51. The van der Waals surface area contributed by atoms with Crippen LogP contribution in [0.1, 0.15) is 23.6 Å². The summed E-state index contributed by atoms with van der Waals surface area (Å²) in [6.07, 6.45) is 1.85. The first-order chi connectivity index (χ1) is 6.70. The van der Waals surface area contributed by atoms with Gasteiger partial charge in [0.05, 0.1) is 0 Å². The molecule has 0 bridgehead atoms. The Morgan fingerprint density at radius 3 is 2.93 bits per heavy atom. The Hall–Kier alpha value is -0.970. The lowest BCUT2D eigenvalue weighted by Gasteiger charge is -2.02. The van der Waals surface area contributed by atoms with Gasteiger partial charge in [0.1, 0.15) is 0 Å². The van der Waals surface area contributed by atoms with E-state index in [2.05, 4.69) is 11.8 Å². The third-order valence-corrected chi connectivity index (χ3v) is 2.73. The van der Waals surface area contributed by atoms with Crippen LogP contribution in [0.15, 0.2) is 12.1 Å². The molecule has 0 amide bonds. The fourth-order valence-corrected chi connectivity index (χ4v) is 2.22. The van der Waals surface area contributed by atoms with Gasteiger partial charge in [-0.05, 0) is 43.0 Å². The second-order valence-corrected chi connectivity index (χ2v) is 4.07. The van der Waals surface area contributed by atoms with Crippen molar-refractivity contribution in [1.82, 2.24) is 0 Å². The second-order valence-electron chi connectivity index (χ2n) is 3.63. The van der Waals surface area contributed by atoms with Crippen molar-refractivity contribution in [1.29, 1.82) is 0 Å². The van der Waals surface area contributed by atoms with E-state index in [4.69, 9.17) is 17.3 Å². The van der Waals surface area contributed by atoms with Crippen LogP contribution in [0, 0.1) is 11.8 Å². The molecule has 0 saturated heterocycles. The number of benzene rings is 1. The van der Waals surface area contributed by atoms with E-state index in [0.29, 0.717) is 0 Å². The molecule has 1 nitrogen and oxygen atoms in total. The highest BCUT2D eigenvalue weighted by molar-refractivity contribution is 6.30. The maximum absolute atomic E-state index is 6.00. The van der Waals surface area contributed by atoms with Crippen LogP contribution < -0.4 is 5.73 Å². The molecule has 0 fully saturated rings. The predicted molar refractivity (Wildman–Crippen MR) is 59.4 cm³/mol. The molecule has 0 radical (unpaired) electrons. The van der Waals surface area contributed by atoms with Crippen LogP contribution in [-0.4, -0.2) is 6.04 Å². The van der Waals surface area contributed by atoms with Crippen LogP contribution >= 0.6 is 11.6 Å². The Balaban J connectivity index is 2.55. The number of rotatable bonds is 0. The van der Waals surface area contributed by atoms with E-state index in [9.17, 15) is 0 Å². The van der Waals surface area contributed by atoms with Crippen molar-refractivity contribution in [2.75, 3.05) is 0 Å². The fraction of sp³-hybridized carbons (Fsp3) is 0.333. The van der Waals surface area contributed by atoms with Gasteiger partial charge in [-0.3, -0.25) is 0 Å². The molecule has 2 rings (SSSR count). The third kappa shape index (κ3) is 1.64. The van der Waals surface area contributed by atoms with E-state index in [1.165, 1.54) is 11.1 Å². The zero-order valence-electron chi connectivity index (χ0n) is 8.10. The molecular formula is C12H12ClN. The summed E-state index contributed by atoms with van der Waals surface area (Å²) in [4.78, 5) is 0. The topological polar surface area (TPSA) is 26.0 Å². The number of halogens is 1. The van der Waals surface area contributed by atoms with E-state index in [1.54, 1.807) is 0 Å². The maximum Gasteiger partial charge on any atom is 0.0421 e. The van der Waals surface area contributed by atoms with Crippen LogP contribution in [-0.2, 0) is 12.8 Å². The fourth-order valence-electron chi connectivity index (χ4n) is 1.98. The Kier molecular flexibility index (Phi) is 2.50. The highest BCUT2D eigenvalue weighted by atomic mass is 35.5. The van der Waals surface area contributed by atoms with Crippen molar-refractivity contribution in [3.63, 3.8) is 0 Å². The Morgan fingerprint density at radius 1 is 1.43 bits per heavy atom. The second kappa shape index (κ2) is 3.65. The van der Waals surface area contributed by atoms with Crippen LogP contribution in [0.3, 0.4) is 0 Å². The molecule has 1 aromatic rings. The SMILES string of the molecule is CC#Cc1cc(Cl)cc2c1CC(N)C2. The van der Waals surface area contributed by atoms with Crippen molar-refractivity contribution >= 4 is 11.6 Å². The zero-order valence-corrected chi connectivity index (χ0v) is 8.86. The molecule has 1 unspecified atom stereocenters. The molecule has 0 heterocycles. The largest absolute Gasteiger partial charge is 0.327 e. The molecule has 0 spiro atoms. The van der Waals surface area contributed by atoms with Gasteiger partial charge < -0.3 is 5.73 Å².